The van der Waals surface area contributed by atoms with Crippen LogP contribution in [-0.2, 0) is 49.3 Å². The molecule has 0 saturated carbocycles. The van der Waals surface area contributed by atoms with Gasteiger partial charge in [-0.1, -0.05) is 30.3 Å². The van der Waals surface area contributed by atoms with Crippen molar-refractivity contribution in [2.45, 2.75) is 91.7 Å². The molecule has 0 spiro atoms. The van der Waals surface area contributed by atoms with E-state index in [9.17, 15) is 19.2 Å². The first-order valence-electron chi connectivity index (χ1n) is 15.2. The van der Waals surface area contributed by atoms with Crippen molar-refractivity contribution in [2.24, 2.45) is 0 Å². The molecule has 5 atom stereocenters. The van der Waals surface area contributed by atoms with Crippen molar-refractivity contribution >= 4 is 23.9 Å². The minimum absolute atomic E-state index is 0.0220. The standard InChI is InChI=1S/C34H40N2O11/c1-19(2)42-27-15-13-25(14-16-27)17-28-20(3)36(26-11-9-8-10-12-26)35-33(28)47-34-32(45-24(7)40)31(44-23(6)39)30(43-22(5)38)29(46-34)18-41-21(4)37/h8-16,19,29-32,34H,17-18H2,1-7H3/t29-,30-,31+,32-,34?/m1/s1. The highest BCUT2D eigenvalue weighted by molar-refractivity contribution is 5.68. The summed E-state index contributed by atoms with van der Waals surface area (Å²) in [6, 6.07) is 17.1. The van der Waals surface area contributed by atoms with E-state index in [-0.39, 0.29) is 18.6 Å². The summed E-state index contributed by atoms with van der Waals surface area (Å²) in [7, 11) is 0. The number of carbonyl (C=O) groups excluding carboxylic acids is 4. The summed E-state index contributed by atoms with van der Waals surface area (Å²) >= 11 is 0. The van der Waals surface area contributed by atoms with Crippen molar-refractivity contribution in [3.8, 4) is 17.3 Å². The third-order valence-corrected chi connectivity index (χ3v) is 7.06. The fourth-order valence-electron chi connectivity index (χ4n) is 5.18. The van der Waals surface area contributed by atoms with E-state index in [1.54, 1.807) is 4.68 Å². The first-order valence-corrected chi connectivity index (χ1v) is 15.2. The molecule has 1 saturated heterocycles. The maximum absolute atomic E-state index is 12.3. The zero-order chi connectivity index (χ0) is 34.2. The van der Waals surface area contributed by atoms with E-state index in [0.29, 0.717) is 12.0 Å². The lowest BCUT2D eigenvalue weighted by atomic mass is 9.98. The Morgan fingerprint density at radius 3 is 1.98 bits per heavy atom. The van der Waals surface area contributed by atoms with E-state index in [1.165, 1.54) is 13.8 Å². The van der Waals surface area contributed by atoms with Gasteiger partial charge in [0.25, 0.3) is 0 Å². The summed E-state index contributed by atoms with van der Waals surface area (Å²) in [6.07, 6.45) is -6.29. The lowest BCUT2D eigenvalue weighted by molar-refractivity contribution is -0.289. The van der Waals surface area contributed by atoms with Gasteiger partial charge in [0.2, 0.25) is 18.3 Å². The molecule has 2 aromatic carbocycles. The maximum atomic E-state index is 12.3. The number of nitrogens with zero attached hydrogens (tertiary/aromatic N) is 2. The zero-order valence-electron chi connectivity index (χ0n) is 27.5. The number of rotatable bonds is 12. The van der Waals surface area contributed by atoms with Crippen LogP contribution in [-0.4, -0.2) is 77.1 Å². The van der Waals surface area contributed by atoms with Crippen LogP contribution in [0.15, 0.2) is 54.6 Å². The fraction of sp³-hybridized carbons (Fsp3) is 0.441. The Morgan fingerprint density at radius 2 is 1.40 bits per heavy atom. The molecule has 3 aromatic rings. The van der Waals surface area contributed by atoms with E-state index in [1.807, 2.05) is 75.4 Å². The number of para-hydroxylation sites is 1. The average molecular weight is 653 g/mol. The van der Waals surface area contributed by atoms with Gasteiger partial charge in [-0.25, -0.2) is 4.68 Å². The second kappa shape index (κ2) is 15.6. The van der Waals surface area contributed by atoms with Gasteiger partial charge in [-0.3, -0.25) is 19.2 Å². The smallest absolute Gasteiger partial charge is 0.303 e. The molecule has 252 valence electrons. The largest absolute Gasteiger partial charge is 0.491 e. The minimum atomic E-state index is -1.44. The number of hydrogen-bond acceptors (Lipinski definition) is 12. The Bertz CT molecular complexity index is 1550. The van der Waals surface area contributed by atoms with Crippen molar-refractivity contribution in [1.82, 2.24) is 9.78 Å². The zero-order valence-corrected chi connectivity index (χ0v) is 27.5. The Kier molecular flexibility index (Phi) is 11.6. The number of ether oxygens (including phenoxy) is 7. The van der Waals surface area contributed by atoms with Gasteiger partial charge in [0.15, 0.2) is 12.2 Å². The molecule has 0 bridgehead atoms. The lowest BCUT2D eigenvalue weighted by Crippen LogP contribution is -2.63. The Labute approximate surface area is 273 Å². The van der Waals surface area contributed by atoms with E-state index in [4.69, 9.17) is 38.3 Å². The maximum Gasteiger partial charge on any atom is 0.303 e. The Balaban J connectivity index is 1.78. The van der Waals surface area contributed by atoms with Crippen molar-refractivity contribution in [2.75, 3.05) is 6.61 Å². The summed E-state index contributed by atoms with van der Waals surface area (Å²) in [5, 5.41) is 4.76. The first kappa shape index (κ1) is 35.0. The molecule has 0 N–H and O–H groups in total. The number of aromatic nitrogens is 2. The molecular formula is C34H40N2O11. The van der Waals surface area contributed by atoms with Crippen LogP contribution in [0.2, 0.25) is 0 Å². The highest BCUT2D eigenvalue weighted by atomic mass is 16.7. The van der Waals surface area contributed by atoms with Crippen molar-refractivity contribution < 1.29 is 52.3 Å². The fourth-order valence-corrected chi connectivity index (χ4v) is 5.18. The second-order valence-corrected chi connectivity index (χ2v) is 11.3. The number of benzene rings is 2. The van der Waals surface area contributed by atoms with Crippen LogP contribution in [0.1, 0.15) is 58.4 Å². The summed E-state index contributed by atoms with van der Waals surface area (Å²) in [4.78, 5) is 48.4. The Morgan fingerprint density at radius 1 is 0.809 bits per heavy atom. The summed E-state index contributed by atoms with van der Waals surface area (Å²) in [6.45, 7) is 10.1. The van der Waals surface area contributed by atoms with Crippen LogP contribution in [0.4, 0.5) is 0 Å². The highest BCUT2D eigenvalue weighted by Crippen LogP contribution is 2.34. The molecule has 0 aliphatic carbocycles. The second-order valence-electron chi connectivity index (χ2n) is 11.3. The van der Waals surface area contributed by atoms with Crippen LogP contribution < -0.4 is 9.47 Å². The molecule has 1 aromatic heterocycles. The third-order valence-electron chi connectivity index (χ3n) is 7.06. The average Bonchev–Trinajstić information content (AvgIpc) is 3.29. The van der Waals surface area contributed by atoms with E-state index >= 15 is 0 Å². The van der Waals surface area contributed by atoms with Crippen molar-refractivity contribution in [3.63, 3.8) is 0 Å². The first-order chi connectivity index (χ1) is 22.3. The van der Waals surface area contributed by atoms with Gasteiger partial charge in [-0.05, 0) is 50.6 Å². The monoisotopic (exact) mass is 652 g/mol. The molecule has 1 aliphatic rings. The van der Waals surface area contributed by atoms with Gasteiger partial charge >= 0.3 is 23.9 Å². The minimum Gasteiger partial charge on any atom is -0.491 e. The molecule has 1 fully saturated rings. The van der Waals surface area contributed by atoms with Crippen LogP contribution in [0.25, 0.3) is 5.69 Å². The van der Waals surface area contributed by atoms with E-state index in [2.05, 4.69) is 0 Å². The van der Waals surface area contributed by atoms with Crippen molar-refractivity contribution in [3.05, 3.63) is 71.4 Å². The highest BCUT2D eigenvalue weighted by Gasteiger charge is 2.53. The number of carbonyl (C=O) groups is 4. The van der Waals surface area contributed by atoms with E-state index in [0.717, 1.165) is 36.5 Å². The summed E-state index contributed by atoms with van der Waals surface area (Å²) in [5.74, 6) is -1.95. The molecule has 47 heavy (non-hydrogen) atoms. The Hall–Kier alpha value is -4.91. The van der Waals surface area contributed by atoms with Crippen molar-refractivity contribution in [1.29, 1.82) is 0 Å². The topological polar surface area (TPSA) is 151 Å². The van der Waals surface area contributed by atoms with Gasteiger partial charge in [0.1, 0.15) is 18.5 Å². The molecule has 13 heteroatoms. The molecule has 1 aliphatic heterocycles. The predicted octanol–water partition coefficient (Wildman–Crippen LogP) is 4.02. The van der Waals surface area contributed by atoms with Crippen LogP contribution in [0.3, 0.4) is 0 Å². The third kappa shape index (κ3) is 9.32. The lowest BCUT2D eigenvalue weighted by Gasteiger charge is -2.43. The molecule has 4 rings (SSSR count). The molecule has 2 heterocycles. The molecular weight excluding hydrogens is 612 g/mol. The predicted molar refractivity (Wildman–Crippen MR) is 166 cm³/mol. The van der Waals surface area contributed by atoms with Gasteiger partial charge in [0, 0.05) is 45.4 Å². The summed E-state index contributed by atoms with van der Waals surface area (Å²) < 4.78 is 41.9. The van der Waals surface area contributed by atoms with E-state index < -0.39 is 54.6 Å². The van der Waals surface area contributed by atoms with Gasteiger partial charge in [-0.15, -0.1) is 5.10 Å². The quantitative estimate of drug-likeness (QED) is 0.205. The molecule has 0 amide bonds. The van der Waals surface area contributed by atoms with Crippen LogP contribution in [0, 0.1) is 6.92 Å². The summed E-state index contributed by atoms with van der Waals surface area (Å²) in [5.41, 5.74) is 3.16. The van der Waals surface area contributed by atoms with Gasteiger partial charge in [-0.2, -0.15) is 0 Å². The SMILES string of the molecule is CC(=O)OC[C@H]1OC(Oc2nn(-c3ccccc3)c(C)c2Cc2ccc(OC(C)C)cc2)[C@H](OC(C)=O)[C@@H](OC(C)=O)[C@@H]1OC(C)=O. The number of esters is 4. The molecule has 1 unspecified atom stereocenters. The van der Waals surface area contributed by atoms with Gasteiger partial charge in [0.05, 0.1) is 11.8 Å². The number of hydrogen-bond donors (Lipinski definition) is 0. The van der Waals surface area contributed by atoms with Crippen LogP contribution >= 0.6 is 0 Å². The molecule has 13 nitrogen and oxygen atoms in total. The van der Waals surface area contributed by atoms with Crippen LogP contribution in [0.5, 0.6) is 11.6 Å². The molecule has 0 radical (unpaired) electrons. The van der Waals surface area contributed by atoms with Gasteiger partial charge < -0.3 is 33.2 Å². The normalized spacial score (nSPS) is 20.6.